The van der Waals surface area contributed by atoms with Crippen molar-refractivity contribution in [3.05, 3.63) is 93.6 Å². The fourth-order valence-corrected chi connectivity index (χ4v) is 7.34. The summed E-state index contributed by atoms with van der Waals surface area (Å²) in [6, 6.07) is 16.1. The van der Waals surface area contributed by atoms with Crippen LogP contribution in [-0.4, -0.2) is 69.5 Å². The summed E-state index contributed by atoms with van der Waals surface area (Å²) in [5, 5.41) is 20.6. The highest BCUT2D eigenvalue weighted by molar-refractivity contribution is 6.02. The zero-order valence-electron chi connectivity index (χ0n) is 30.7. The van der Waals surface area contributed by atoms with E-state index in [0.29, 0.717) is 25.7 Å². The molecule has 270 valence electrons. The zero-order chi connectivity index (χ0) is 37.1. The molecule has 0 radical (unpaired) electrons. The number of H-pyrrole nitrogens is 2. The van der Waals surface area contributed by atoms with Gasteiger partial charge in [0.1, 0.15) is 0 Å². The van der Waals surface area contributed by atoms with Crippen molar-refractivity contribution in [2.45, 2.75) is 66.2 Å². The lowest BCUT2D eigenvalue weighted by molar-refractivity contribution is -0.141. The first kappa shape index (κ1) is 36.5. The predicted octanol–water partition coefficient (Wildman–Crippen LogP) is 7.44. The summed E-state index contributed by atoms with van der Waals surface area (Å²) < 4.78 is 9.99. The number of rotatable bonds is 11. The highest BCUT2D eigenvalue weighted by Crippen LogP contribution is 2.44. The number of esters is 2. The standard InChI is InChI=1S/C42H46N4O6/c1-23-28(12-14-38(49)51-5)36-22-37-29(13-15-39(50)52-6)24(2)33(44-37)21-35-26(4)31(17-19-48)42(46-35)40(27-10-8-7-9-11-27)41-30(16-18-47)25(3)34(45-41)20-32(23)43-36/h7-11,20-22,43-44,47-48H,12-19H2,1-6H3. The van der Waals surface area contributed by atoms with Crippen molar-refractivity contribution in [2.75, 3.05) is 27.4 Å². The number of aryl methyl sites for hydroxylation is 4. The Bertz CT molecular complexity index is 2140. The maximum atomic E-state index is 12.3. The van der Waals surface area contributed by atoms with Crippen LogP contribution < -0.4 is 0 Å². The van der Waals surface area contributed by atoms with E-state index in [9.17, 15) is 19.8 Å². The SMILES string of the molecule is COC(=O)CCc1c(C)c2cc3nc(c(-c4ccccc4)c4nc(cc5[nH]c(cc1[nH]2)c(CCC(=O)OC)c5C)C(C)=C4CCO)C(CCO)=C3C. The Morgan fingerprint density at radius 1 is 0.635 bits per heavy atom. The Hall–Kier alpha value is -5.32. The Morgan fingerprint density at radius 2 is 1.08 bits per heavy atom. The van der Waals surface area contributed by atoms with E-state index in [2.05, 4.69) is 9.97 Å². The first-order chi connectivity index (χ1) is 25.1. The van der Waals surface area contributed by atoms with Gasteiger partial charge in [0.15, 0.2) is 0 Å². The van der Waals surface area contributed by atoms with Gasteiger partial charge in [-0.3, -0.25) is 9.59 Å². The molecule has 1 aromatic carbocycles. The van der Waals surface area contributed by atoms with Crippen LogP contribution in [0, 0.1) is 13.8 Å². The molecule has 0 saturated heterocycles. The number of aromatic amines is 2. The zero-order valence-corrected chi connectivity index (χ0v) is 30.7. The monoisotopic (exact) mass is 702 g/mol. The average Bonchev–Trinajstić information content (AvgIpc) is 3.81. The highest BCUT2D eigenvalue weighted by atomic mass is 16.5. The first-order valence-electron chi connectivity index (χ1n) is 17.7. The summed E-state index contributed by atoms with van der Waals surface area (Å²) in [6.07, 6.45) is 2.13. The summed E-state index contributed by atoms with van der Waals surface area (Å²) in [4.78, 5) is 42.5. The van der Waals surface area contributed by atoms with Crippen LogP contribution in [0.25, 0.3) is 55.5 Å². The van der Waals surface area contributed by atoms with Crippen LogP contribution >= 0.6 is 0 Å². The number of hydrogen-bond donors (Lipinski definition) is 4. The number of nitrogens with one attached hydrogen (secondary N) is 2. The van der Waals surface area contributed by atoms with Gasteiger partial charge in [-0.05, 0) is 122 Å². The topological polar surface area (TPSA) is 150 Å². The number of ether oxygens (including phenoxy) is 2. The fourth-order valence-electron chi connectivity index (χ4n) is 7.34. The number of carbonyl (C=O) groups excluding carboxylic acids is 2. The molecule has 8 bridgehead atoms. The highest BCUT2D eigenvalue weighted by Gasteiger charge is 2.27. The number of methoxy groups -OCH3 is 2. The van der Waals surface area contributed by atoms with Crippen LogP contribution in [0.1, 0.15) is 84.6 Å². The third kappa shape index (κ3) is 6.96. The van der Waals surface area contributed by atoms with Gasteiger partial charge in [0.25, 0.3) is 0 Å². The normalized spacial score (nSPS) is 12.8. The minimum atomic E-state index is -0.296. The van der Waals surface area contributed by atoms with Crippen molar-refractivity contribution in [2.24, 2.45) is 0 Å². The smallest absolute Gasteiger partial charge is 0.305 e. The van der Waals surface area contributed by atoms with E-state index < -0.39 is 0 Å². The van der Waals surface area contributed by atoms with Gasteiger partial charge in [-0.1, -0.05) is 30.3 Å². The van der Waals surface area contributed by atoms with E-state index in [1.807, 2.05) is 76.2 Å². The molecule has 0 spiro atoms. The quantitative estimate of drug-likeness (QED) is 0.118. The number of aromatic nitrogens is 4. The molecular formula is C42H46N4O6. The number of allylic oxidation sites excluding steroid dienone is 2. The molecular weight excluding hydrogens is 656 g/mol. The first-order valence-corrected chi connectivity index (χ1v) is 17.7. The summed E-state index contributed by atoms with van der Waals surface area (Å²) in [6.45, 7) is 8.02. The molecule has 10 nitrogen and oxygen atoms in total. The van der Waals surface area contributed by atoms with Crippen LogP contribution in [0.4, 0.5) is 0 Å². The molecule has 6 rings (SSSR count). The minimum Gasteiger partial charge on any atom is -0.469 e. The predicted molar refractivity (Wildman–Crippen MR) is 205 cm³/mol. The van der Waals surface area contributed by atoms with Crippen LogP contribution in [0.15, 0.2) is 48.5 Å². The number of nitrogens with zero attached hydrogens (tertiary/aromatic N) is 2. The van der Waals surface area contributed by atoms with Crippen molar-refractivity contribution < 1.29 is 29.3 Å². The van der Waals surface area contributed by atoms with Crippen molar-refractivity contribution in [1.29, 1.82) is 0 Å². The molecule has 4 aromatic rings. The van der Waals surface area contributed by atoms with E-state index >= 15 is 0 Å². The van der Waals surface area contributed by atoms with Crippen molar-refractivity contribution in [3.8, 4) is 11.1 Å². The van der Waals surface area contributed by atoms with E-state index in [-0.39, 0.29) is 38.0 Å². The number of hydrogen-bond acceptors (Lipinski definition) is 8. The molecule has 0 aliphatic carbocycles. The summed E-state index contributed by atoms with van der Waals surface area (Å²) >= 11 is 0. The third-order valence-corrected chi connectivity index (χ3v) is 10.3. The summed E-state index contributed by atoms with van der Waals surface area (Å²) in [5.41, 5.74) is 15.8. The van der Waals surface area contributed by atoms with Gasteiger partial charge < -0.3 is 29.7 Å². The van der Waals surface area contributed by atoms with Crippen LogP contribution in [0.3, 0.4) is 0 Å². The molecule has 0 atom stereocenters. The van der Waals surface area contributed by atoms with Crippen molar-refractivity contribution >= 4 is 56.3 Å². The third-order valence-electron chi connectivity index (χ3n) is 10.3. The second-order valence-electron chi connectivity index (χ2n) is 13.3. The summed E-state index contributed by atoms with van der Waals surface area (Å²) in [7, 11) is 2.78. The maximum Gasteiger partial charge on any atom is 0.305 e. The van der Waals surface area contributed by atoms with E-state index in [1.165, 1.54) is 14.2 Å². The van der Waals surface area contributed by atoms with Crippen LogP contribution in [-0.2, 0) is 31.9 Å². The van der Waals surface area contributed by atoms with Crippen molar-refractivity contribution in [3.63, 3.8) is 0 Å². The average molecular weight is 703 g/mol. The number of aliphatic hydroxyl groups is 2. The van der Waals surface area contributed by atoms with Gasteiger partial charge in [0, 0.05) is 53.7 Å². The lowest BCUT2D eigenvalue weighted by Crippen LogP contribution is -2.02. The van der Waals surface area contributed by atoms with Crippen molar-refractivity contribution in [1.82, 2.24) is 19.9 Å². The van der Waals surface area contributed by atoms with Gasteiger partial charge in [0.2, 0.25) is 0 Å². The molecule has 0 unspecified atom stereocenters. The van der Waals surface area contributed by atoms with Gasteiger partial charge in [-0.15, -0.1) is 0 Å². The van der Waals surface area contributed by atoms with Gasteiger partial charge >= 0.3 is 11.9 Å². The molecule has 4 N–H and O–H groups in total. The van der Waals surface area contributed by atoms with Gasteiger partial charge in [-0.2, -0.15) is 0 Å². The van der Waals surface area contributed by atoms with Gasteiger partial charge in [0.05, 0.1) is 37.0 Å². The molecule has 0 saturated carbocycles. The lowest BCUT2D eigenvalue weighted by atomic mass is 9.91. The molecule has 52 heavy (non-hydrogen) atoms. The Balaban J connectivity index is 1.81. The largest absolute Gasteiger partial charge is 0.469 e. The Morgan fingerprint density at radius 3 is 1.48 bits per heavy atom. The minimum absolute atomic E-state index is 0.0537. The summed E-state index contributed by atoms with van der Waals surface area (Å²) in [5.74, 6) is -0.593. The van der Waals surface area contributed by atoms with Crippen LogP contribution in [0.5, 0.6) is 0 Å². The second kappa shape index (κ2) is 15.5. The number of fused-ring (bicyclic) bond motifs is 8. The van der Waals surface area contributed by atoms with E-state index in [0.717, 1.165) is 101 Å². The molecule has 3 aromatic heterocycles. The van der Waals surface area contributed by atoms with E-state index in [1.54, 1.807) is 0 Å². The second-order valence-corrected chi connectivity index (χ2v) is 13.3. The van der Waals surface area contributed by atoms with E-state index in [4.69, 9.17) is 19.4 Å². The molecule has 2 aliphatic heterocycles. The molecule has 10 heteroatoms. The number of benzene rings is 1. The number of carbonyl (C=O) groups is 2. The molecule has 5 heterocycles. The lowest BCUT2D eigenvalue weighted by Gasteiger charge is -2.12. The fraction of sp³-hybridized carbons (Fsp3) is 0.333. The maximum absolute atomic E-state index is 12.3. The Kier molecular flexibility index (Phi) is 10.9. The molecule has 2 aliphatic rings. The molecule has 0 fully saturated rings. The number of aliphatic hydroxyl groups excluding tert-OH is 2. The van der Waals surface area contributed by atoms with Gasteiger partial charge in [-0.25, -0.2) is 9.97 Å². The van der Waals surface area contributed by atoms with Crippen LogP contribution in [0.2, 0.25) is 0 Å². The Labute approximate surface area is 303 Å². The molecule has 0 amide bonds.